The van der Waals surface area contributed by atoms with Crippen molar-refractivity contribution in [3.8, 4) is 0 Å². The number of benzene rings is 1. The number of hydrogen-bond acceptors (Lipinski definition) is 3. The van der Waals surface area contributed by atoms with Crippen LogP contribution in [-0.2, 0) is 6.42 Å². The second-order valence-electron chi connectivity index (χ2n) is 6.70. The van der Waals surface area contributed by atoms with E-state index in [1.54, 1.807) is 0 Å². The highest BCUT2D eigenvalue weighted by Gasteiger charge is 2.24. The van der Waals surface area contributed by atoms with Crippen molar-refractivity contribution >= 4 is 0 Å². The number of rotatable bonds is 9. The molecular weight excluding hydrogens is 282 g/mol. The number of nitrogens with one attached hydrogen (secondary N) is 1. The zero-order chi connectivity index (χ0) is 16.5. The second kappa shape index (κ2) is 10.1. The normalized spacial score (nSPS) is 17.6. The summed E-state index contributed by atoms with van der Waals surface area (Å²) in [4.78, 5) is 5.33. The maximum Gasteiger partial charge on any atom is 0.0476 e. The molecule has 0 bridgehead atoms. The highest BCUT2D eigenvalue weighted by atomic mass is 15.2. The standard InChI is InChI=1S/C20H35N3/c1-4-13-22(14-5-2)17-20(23-15-11-21-12-16-23)19-9-7-18(6-3)8-10-19/h7-10,20-21H,4-6,11-17H2,1-3H3. The van der Waals surface area contributed by atoms with E-state index >= 15 is 0 Å². The molecular formula is C20H35N3. The van der Waals surface area contributed by atoms with Gasteiger partial charge in [0.1, 0.15) is 0 Å². The van der Waals surface area contributed by atoms with E-state index in [9.17, 15) is 0 Å². The highest BCUT2D eigenvalue weighted by molar-refractivity contribution is 5.25. The maximum atomic E-state index is 3.49. The van der Waals surface area contributed by atoms with Crippen LogP contribution in [-0.4, -0.2) is 55.6 Å². The predicted molar refractivity (Wildman–Crippen MR) is 100 cm³/mol. The van der Waals surface area contributed by atoms with Gasteiger partial charge in [-0.2, -0.15) is 0 Å². The molecule has 2 rings (SSSR count). The molecule has 1 atom stereocenters. The summed E-state index contributed by atoms with van der Waals surface area (Å²) in [5, 5.41) is 3.49. The van der Waals surface area contributed by atoms with Crippen LogP contribution in [0, 0.1) is 0 Å². The molecule has 1 fully saturated rings. The first-order valence-corrected chi connectivity index (χ1v) is 9.54. The van der Waals surface area contributed by atoms with Gasteiger partial charge in [-0.1, -0.05) is 45.0 Å². The van der Waals surface area contributed by atoms with Crippen LogP contribution in [0.5, 0.6) is 0 Å². The lowest BCUT2D eigenvalue weighted by atomic mass is 10.0. The van der Waals surface area contributed by atoms with Gasteiger partial charge in [0.25, 0.3) is 0 Å². The van der Waals surface area contributed by atoms with E-state index in [0.717, 1.165) is 39.1 Å². The van der Waals surface area contributed by atoms with E-state index < -0.39 is 0 Å². The van der Waals surface area contributed by atoms with Crippen LogP contribution in [0.1, 0.15) is 50.8 Å². The zero-order valence-corrected chi connectivity index (χ0v) is 15.4. The van der Waals surface area contributed by atoms with E-state index in [4.69, 9.17) is 0 Å². The van der Waals surface area contributed by atoms with Crippen LogP contribution in [0.4, 0.5) is 0 Å². The van der Waals surface area contributed by atoms with E-state index in [0.29, 0.717) is 6.04 Å². The fraction of sp³-hybridized carbons (Fsp3) is 0.700. The van der Waals surface area contributed by atoms with Gasteiger partial charge in [0.2, 0.25) is 0 Å². The number of piperazine rings is 1. The van der Waals surface area contributed by atoms with Gasteiger partial charge in [0.15, 0.2) is 0 Å². The van der Waals surface area contributed by atoms with Crippen LogP contribution in [0.25, 0.3) is 0 Å². The molecule has 3 nitrogen and oxygen atoms in total. The minimum Gasteiger partial charge on any atom is -0.314 e. The Hall–Kier alpha value is -0.900. The van der Waals surface area contributed by atoms with Crippen LogP contribution in [0.3, 0.4) is 0 Å². The average Bonchev–Trinajstić information content (AvgIpc) is 2.61. The minimum absolute atomic E-state index is 0.529. The predicted octanol–water partition coefficient (Wildman–Crippen LogP) is 3.32. The van der Waals surface area contributed by atoms with Gasteiger partial charge in [0, 0.05) is 38.8 Å². The third-order valence-corrected chi connectivity index (χ3v) is 4.88. The molecule has 0 amide bonds. The van der Waals surface area contributed by atoms with Crippen LogP contribution in [0.15, 0.2) is 24.3 Å². The Morgan fingerprint density at radius 3 is 2.13 bits per heavy atom. The zero-order valence-electron chi connectivity index (χ0n) is 15.4. The first-order valence-electron chi connectivity index (χ1n) is 9.54. The molecule has 0 spiro atoms. The molecule has 23 heavy (non-hydrogen) atoms. The molecule has 0 aliphatic carbocycles. The molecule has 1 aromatic carbocycles. The molecule has 1 heterocycles. The van der Waals surface area contributed by atoms with Gasteiger partial charge in [-0.3, -0.25) is 4.90 Å². The number of aryl methyl sites for hydroxylation is 1. The van der Waals surface area contributed by atoms with Gasteiger partial charge in [-0.15, -0.1) is 0 Å². The maximum absolute atomic E-state index is 3.49. The molecule has 1 aromatic rings. The summed E-state index contributed by atoms with van der Waals surface area (Å²) in [6.45, 7) is 14.9. The van der Waals surface area contributed by atoms with Crippen molar-refractivity contribution in [1.82, 2.24) is 15.1 Å². The van der Waals surface area contributed by atoms with Gasteiger partial charge in [0.05, 0.1) is 0 Å². The SMILES string of the molecule is CCCN(CCC)CC(c1ccc(CC)cc1)N1CCNCC1. The average molecular weight is 318 g/mol. The molecule has 130 valence electrons. The van der Waals surface area contributed by atoms with Crippen molar-refractivity contribution in [3.63, 3.8) is 0 Å². The van der Waals surface area contributed by atoms with E-state index in [1.165, 1.54) is 37.1 Å². The van der Waals surface area contributed by atoms with Crippen molar-refractivity contribution in [2.45, 2.75) is 46.1 Å². The lowest BCUT2D eigenvalue weighted by molar-refractivity contribution is 0.124. The summed E-state index contributed by atoms with van der Waals surface area (Å²) in [5.41, 5.74) is 2.92. The molecule has 1 N–H and O–H groups in total. The van der Waals surface area contributed by atoms with Crippen LogP contribution < -0.4 is 5.32 Å². The molecule has 0 aromatic heterocycles. The first kappa shape index (κ1) is 18.4. The Bertz CT molecular complexity index is 417. The third-order valence-electron chi connectivity index (χ3n) is 4.88. The smallest absolute Gasteiger partial charge is 0.0476 e. The summed E-state index contributed by atoms with van der Waals surface area (Å²) in [6, 6.07) is 9.88. The lowest BCUT2D eigenvalue weighted by Crippen LogP contribution is -2.48. The van der Waals surface area contributed by atoms with Crippen molar-refractivity contribution in [3.05, 3.63) is 35.4 Å². The molecule has 0 radical (unpaired) electrons. The Labute approximate surface area is 143 Å². The Balaban J connectivity index is 2.15. The van der Waals surface area contributed by atoms with Gasteiger partial charge >= 0.3 is 0 Å². The van der Waals surface area contributed by atoms with E-state index in [2.05, 4.69) is 60.2 Å². The highest BCUT2D eigenvalue weighted by Crippen LogP contribution is 2.23. The topological polar surface area (TPSA) is 18.5 Å². The van der Waals surface area contributed by atoms with Crippen molar-refractivity contribution < 1.29 is 0 Å². The van der Waals surface area contributed by atoms with Gasteiger partial charge < -0.3 is 10.2 Å². The van der Waals surface area contributed by atoms with Gasteiger partial charge in [-0.05, 0) is 43.5 Å². The molecule has 1 aliphatic heterocycles. The van der Waals surface area contributed by atoms with Crippen molar-refractivity contribution in [1.29, 1.82) is 0 Å². The molecule has 1 unspecified atom stereocenters. The fourth-order valence-electron chi connectivity index (χ4n) is 3.57. The van der Waals surface area contributed by atoms with Crippen molar-refractivity contribution in [2.24, 2.45) is 0 Å². The minimum atomic E-state index is 0.529. The van der Waals surface area contributed by atoms with Crippen LogP contribution >= 0.6 is 0 Å². The summed E-state index contributed by atoms with van der Waals surface area (Å²) < 4.78 is 0. The molecule has 3 heteroatoms. The largest absolute Gasteiger partial charge is 0.314 e. The summed E-state index contributed by atoms with van der Waals surface area (Å²) in [6.07, 6.45) is 3.60. The molecule has 1 aliphatic rings. The van der Waals surface area contributed by atoms with E-state index in [1.807, 2.05) is 0 Å². The van der Waals surface area contributed by atoms with E-state index in [-0.39, 0.29) is 0 Å². The third kappa shape index (κ3) is 5.59. The summed E-state index contributed by atoms with van der Waals surface area (Å²) in [5.74, 6) is 0. The summed E-state index contributed by atoms with van der Waals surface area (Å²) in [7, 11) is 0. The lowest BCUT2D eigenvalue weighted by Gasteiger charge is -2.38. The Morgan fingerprint density at radius 2 is 1.61 bits per heavy atom. The monoisotopic (exact) mass is 317 g/mol. The molecule has 1 saturated heterocycles. The quantitative estimate of drug-likeness (QED) is 0.754. The fourth-order valence-corrected chi connectivity index (χ4v) is 3.57. The van der Waals surface area contributed by atoms with Crippen LogP contribution in [0.2, 0.25) is 0 Å². The number of nitrogens with zero attached hydrogens (tertiary/aromatic N) is 2. The first-order chi connectivity index (χ1) is 11.3. The van der Waals surface area contributed by atoms with Crippen molar-refractivity contribution in [2.75, 3.05) is 45.8 Å². The Morgan fingerprint density at radius 1 is 1.00 bits per heavy atom. The Kier molecular flexibility index (Phi) is 8.07. The second-order valence-corrected chi connectivity index (χ2v) is 6.70. The summed E-state index contributed by atoms with van der Waals surface area (Å²) >= 11 is 0. The number of hydrogen-bond donors (Lipinski definition) is 1. The van der Waals surface area contributed by atoms with Gasteiger partial charge in [-0.25, -0.2) is 0 Å². The molecule has 0 saturated carbocycles.